The molecule has 0 fully saturated rings. The van der Waals surface area contributed by atoms with Gasteiger partial charge in [0, 0.05) is 37.0 Å². The molecule has 0 aliphatic heterocycles. The van der Waals surface area contributed by atoms with Crippen LogP contribution in [0.15, 0.2) is 48.8 Å². The Morgan fingerprint density at radius 3 is 2.43 bits per heavy atom. The van der Waals surface area contributed by atoms with Gasteiger partial charge in [-0.15, -0.1) is 12.4 Å². The van der Waals surface area contributed by atoms with Crippen molar-refractivity contribution in [3.05, 3.63) is 65.5 Å². The highest BCUT2D eigenvalue weighted by Gasteiger charge is 2.17. The molecule has 3 N–H and O–H groups in total. The van der Waals surface area contributed by atoms with Crippen LogP contribution >= 0.6 is 12.4 Å². The molecule has 1 atom stereocenters. The van der Waals surface area contributed by atoms with E-state index in [1.807, 2.05) is 36.5 Å². The topological polar surface area (TPSA) is 68.0 Å². The SMILES string of the molecule is CC(C)C(CNC(=O)c1ccc(CN)cc1)c1cccnc1.Cl. The Bertz CT molecular complexity index is 599. The van der Waals surface area contributed by atoms with E-state index in [-0.39, 0.29) is 24.2 Å². The van der Waals surface area contributed by atoms with Crippen molar-refractivity contribution in [2.75, 3.05) is 6.54 Å². The lowest BCUT2D eigenvalue weighted by Crippen LogP contribution is -2.30. The largest absolute Gasteiger partial charge is 0.351 e. The van der Waals surface area contributed by atoms with E-state index in [9.17, 15) is 4.79 Å². The minimum Gasteiger partial charge on any atom is -0.351 e. The lowest BCUT2D eigenvalue weighted by molar-refractivity contribution is 0.0949. The summed E-state index contributed by atoms with van der Waals surface area (Å²) in [5.74, 6) is 0.614. The number of carbonyl (C=O) groups excluding carboxylic acids is 1. The fraction of sp³-hybridized carbons (Fsp3) is 0.333. The maximum atomic E-state index is 12.2. The first kappa shape index (κ1) is 19.1. The van der Waals surface area contributed by atoms with Crippen molar-refractivity contribution >= 4 is 18.3 Å². The standard InChI is InChI=1S/C18H23N3O.ClH/c1-13(2)17(16-4-3-9-20-11-16)12-21-18(22)15-7-5-14(10-19)6-8-15;/h3-9,11,13,17H,10,12,19H2,1-2H3,(H,21,22);1H. The Morgan fingerprint density at radius 2 is 1.91 bits per heavy atom. The lowest BCUT2D eigenvalue weighted by atomic mass is 9.89. The smallest absolute Gasteiger partial charge is 0.251 e. The molecule has 23 heavy (non-hydrogen) atoms. The summed E-state index contributed by atoms with van der Waals surface area (Å²) in [7, 11) is 0. The van der Waals surface area contributed by atoms with Gasteiger partial charge in [0.15, 0.2) is 0 Å². The predicted octanol–water partition coefficient (Wildman–Crippen LogP) is 3.13. The van der Waals surface area contributed by atoms with Gasteiger partial charge in [0.1, 0.15) is 0 Å². The molecule has 0 saturated carbocycles. The third-order valence-electron chi connectivity index (χ3n) is 3.85. The van der Waals surface area contributed by atoms with E-state index in [2.05, 4.69) is 30.2 Å². The Hall–Kier alpha value is -1.91. The minimum atomic E-state index is -0.0573. The normalized spacial score (nSPS) is 11.7. The Balaban J connectivity index is 0.00000264. The zero-order chi connectivity index (χ0) is 15.9. The molecule has 2 rings (SSSR count). The molecule has 1 heterocycles. The average Bonchev–Trinajstić information content (AvgIpc) is 2.55. The maximum Gasteiger partial charge on any atom is 0.251 e. The molecule has 0 aliphatic carbocycles. The van der Waals surface area contributed by atoms with Gasteiger partial charge in [-0.25, -0.2) is 0 Å². The molecule has 1 aromatic carbocycles. The molecular weight excluding hydrogens is 310 g/mol. The van der Waals surface area contributed by atoms with Crippen LogP contribution in [0.3, 0.4) is 0 Å². The first-order valence-corrected chi connectivity index (χ1v) is 7.59. The number of nitrogens with one attached hydrogen (secondary N) is 1. The van der Waals surface area contributed by atoms with Crippen molar-refractivity contribution in [3.8, 4) is 0 Å². The van der Waals surface area contributed by atoms with Crippen LogP contribution < -0.4 is 11.1 Å². The molecule has 0 saturated heterocycles. The van der Waals surface area contributed by atoms with Crippen LogP contribution in [0.4, 0.5) is 0 Å². The quantitative estimate of drug-likeness (QED) is 0.853. The van der Waals surface area contributed by atoms with Crippen molar-refractivity contribution in [1.29, 1.82) is 0 Å². The second kappa shape index (κ2) is 9.28. The number of hydrogen-bond donors (Lipinski definition) is 2. The van der Waals surface area contributed by atoms with Crippen LogP contribution in [-0.2, 0) is 6.54 Å². The number of pyridine rings is 1. The maximum absolute atomic E-state index is 12.2. The molecule has 5 heteroatoms. The van der Waals surface area contributed by atoms with Gasteiger partial charge in [0.25, 0.3) is 5.91 Å². The number of hydrogen-bond acceptors (Lipinski definition) is 3. The van der Waals surface area contributed by atoms with E-state index in [1.54, 1.807) is 6.20 Å². The van der Waals surface area contributed by atoms with Gasteiger partial charge in [-0.1, -0.05) is 32.0 Å². The zero-order valence-corrected chi connectivity index (χ0v) is 14.3. The predicted molar refractivity (Wildman–Crippen MR) is 95.7 cm³/mol. The minimum absolute atomic E-state index is 0. The summed E-state index contributed by atoms with van der Waals surface area (Å²) in [4.78, 5) is 16.4. The number of nitrogens with zero attached hydrogens (tertiary/aromatic N) is 1. The van der Waals surface area contributed by atoms with Crippen molar-refractivity contribution < 1.29 is 4.79 Å². The van der Waals surface area contributed by atoms with E-state index in [0.29, 0.717) is 24.6 Å². The van der Waals surface area contributed by atoms with E-state index in [1.165, 1.54) is 0 Å². The van der Waals surface area contributed by atoms with Gasteiger partial charge in [-0.2, -0.15) is 0 Å². The second-order valence-corrected chi connectivity index (χ2v) is 5.75. The summed E-state index contributed by atoms with van der Waals surface area (Å²) in [6.45, 7) is 5.39. The zero-order valence-electron chi connectivity index (χ0n) is 13.5. The Kier molecular flexibility index (Phi) is 7.72. The van der Waals surface area contributed by atoms with Gasteiger partial charge in [-0.05, 0) is 35.2 Å². The summed E-state index contributed by atoms with van der Waals surface area (Å²) in [6.07, 6.45) is 3.63. The van der Waals surface area contributed by atoms with Crippen molar-refractivity contribution in [2.24, 2.45) is 11.7 Å². The molecule has 0 bridgehead atoms. The molecule has 0 radical (unpaired) electrons. The monoisotopic (exact) mass is 333 g/mol. The molecule has 2 aromatic rings. The van der Waals surface area contributed by atoms with Crippen molar-refractivity contribution in [3.63, 3.8) is 0 Å². The number of benzene rings is 1. The Labute approximate surface area is 143 Å². The van der Waals surface area contributed by atoms with E-state index in [4.69, 9.17) is 5.73 Å². The summed E-state index contributed by atoms with van der Waals surface area (Å²) in [5, 5.41) is 3.02. The summed E-state index contributed by atoms with van der Waals surface area (Å²) < 4.78 is 0. The molecule has 1 unspecified atom stereocenters. The fourth-order valence-electron chi connectivity index (χ4n) is 2.43. The molecular formula is C18H24ClN3O. The van der Waals surface area contributed by atoms with Crippen molar-refractivity contribution in [1.82, 2.24) is 10.3 Å². The molecule has 0 spiro atoms. The number of carbonyl (C=O) groups is 1. The summed E-state index contributed by atoms with van der Waals surface area (Å²) in [5.41, 5.74) is 8.39. The second-order valence-electron chi connectivity index (χ2n) is 5.75. The number of rotatable bonds is 6. The molecule has 1 aromatic heterocycles. The van der Waals surface area contributed by atoms with Crippen molar-refractivity contribution in [2.45, 2.75) is 26.3 Å². The van der Waals surface area contributed by atoms with Crippen LogP contribution in [0.25, 0.3) is 0 Å². The highest BCUT2D eigenvalue weighted by molar-refractivity contribution is 5.94. The number of amides is 1. The van der Waals surface area contributed by atoms with Gasteiger partial charge >= 0.3 is 0 Å². The average molecular weight is 334 g/mol. The first-order chi connectivity index (χ1) is 10.6. The Morgan fingerprint density at radius 1 is 1.22 bits per heavy atom. The first-order valence-electron chi connectivity index (χ1n) is 7.59. The van der Waals surface area contributed by atoms with E-state index < -0.39 is 0 Å². The number of aromatic nitrogens is 1. The lowest BCUT2D eigenvalue weighted by Gasteiger charge is -2.21. The third kappa shape index (κ3) is 5.34. The third-order valence-corrected chi connectivity index (χ3v) is 3.85. The van der Waals surface area contributed by atoms with E-state index >= 15 is 0 Å². The van der Waals surface area contributed by atoms with E-state index in [0.717, 1.165) is 11.1 Å². The fourth-order valence-corrected chi connectivity index (χ4v) is 2.43. The number of nitrogens with two attached hydrogens (primary N) is 1. The van der Waals surface area contributed by atoms with Gasteiger partial charge < -0.3 is 11.1 Å². The molecule has 0 aliphatic rings. The van der Waals surface area contributed by atoms with Crippen LogP contribution in [0.2, 0.25) is 0 Å². The molecule has 4 nitrogen and oxygen atoms in total. The molecule has 1 amide bonds. The van der Waals surface area contributed by atoms with Gasteiger partial charge in [0.2, 0.25) is 0 Å². The van der Waals surface area contributed by atoms with Gasteiger partial charge in [-0.3, -0.25) is 9.78 Å². The highest BCUT2D eigenvalue weighted by atomic mass is 35.5. The van der Waals surface area contributed by atoms with Crippen LogP contribution in [0.5, 0.6) is 0 Å². The highest BCUT2D eigenvalue weighted by Crippen LogP contribution is 2.22. The van der Waals surface area contributed by atoms with Crippen LogP contribution in [-0.4, -0.2) is 17.4 Å². The molecule has 124 valence electrons. The number of halogens is 1. The summed E-state index contributed by atoms with van der Waals surface area (Å²) in [6, 6.07) is 11.4. The van der Waals surface area contributed by atoms with Crippen LogP contribution in [0.1, 0.15) is 41.3 Å². The van der Waals surface area contributed by atoms with Crippen LogP contribution in [0, 0.1) is 5.92 Å². The van der Waals surface area contributed by atoms with Gasteiger partial charge in [0.05, 0.1) is 0 Å². The summed E-state index contributed by atoms with van der Waals surface area (Å²) >= 11 is 0.